The number of carboxylic acids is 1. The Morgan fingerprint density at radius 1 is 0.604 bits per heavy atom. The fourth-order valence-corrected chi connectivity index (χ4v) is 6.17. The molecule has 0 aromatic rings. The molecule has 0 spiro atoms. The van der Waals surface area contributed by atoms with Gasteiger partial charge in [0.05, 0.1) is 13.2 Å². The molecule has 0 bridgehead atoms. The first-order valence-electron chi connectivity index (χ1n) is 20.5. The van der Waals surface area contributed by atoms with Crippen molar-refractivity contribution in [3.05, 3.63) is 36.5 Å². The van der Waals surface area contributed by atoms with Crippen LogP contribution in [0.15, 0.2) is 36.5 Å². The highest BCUT2D eigenvalue weighted by atomic mass is 31.2. The number of allylic oxidation sites excluding steroid dienone is 6. The number of aliphatic carboxylic acids is 1. The number of carbonyl (C=O) groups is 3. The Bertz CT molecular complexity index is 1050. The number of unbranched alkanes of at least 4 members (excludes halogenated alkanes) is 18. The van der Waals surface area contributed by atoms with Gasteiger partial charge in [0.25, 0.3) is 0 Å². The lowest BCUT2D eigenvalue weighted by Gasteiger charge is -2.18. The number of ether oxygens (including phenoxy) is 1. The third-order valence-electron chi connectivity index (χ3n) is 8.65. The van der Waals surface area contributed by atoms with Crippen molar-refractivity contribution in [3.63, 3.8) is 0 Å². The molecular formula is C41H74NO10P. The fraction of sp³-hybridized carbons (Fsp3) is 0.780. The minimum atomic E-state index is -4.76. The van der Waals surface area contributed by atoms with Gasteiger partial charge in [-0.3, -0.25) is 18.6 Å². The SMILES string of the molecule is CCCCCC/C=C\C/C=C\CCCCCCCC(=O)OCC(O)COP(=O)(O)OCC(NC(=O)CCCCCCC/C=C\CCCCCC)C(=O)O. The highest BCUT2D eigenvalue weighted by Crippen LogP contribution is 2.43. The second-order valence-corrected chi connectivity index (χ2v) is 15.3. The van der Waals surface area contributed by atoms with Gasteiger partial charge in [0.15, 0.2) is 6.04 Å². The molecule has 0 aliphatic carbocycles. The van der Waals surface area contributed by atoms with Crippen LogP contribution >= 0.6 is 7.82 Å². The van der Waals surface area contributed by atoms with Crippen LogP contribution in [0.1, 0.15) is 174 Å². The number of esters is 1. The predicted octanol–water partition coefficient (Wildman–Crippen LogP) is 10.1. The lowest BCUT2D eigenvalue weighted by Crippen LogP contribution is -2.43. The maximum atomic E-state index is 12.3. The van der Waals surface area contributed by atoms with Crippen LogP contribution in [0.25, 0.3) is 0 Å². The van der Waals surface area contributed by atoms with E-state index in [2.05, 4.69) is 55.6 Å². The van der Waals surface area contributed by atoms with Crippen LogP contribution in [0.5, 0.6) is 0 Å². The monoisotopic (exact) mass is 772 g/mol. The molecule has 1 amide bonds. The van der Waals surface area contributed by atoms with E-state index in [1.165, 1.54) is 57.8 Å². The Kier molecular flexibility index (Phi) is 35.1. The lowest BCUT2D eigenvalue weighted by atomic mass is 10.1. The first-order valence-corrected chi connectivity index (χ1v) is 22.0. The minimum absolute atomic E-state index is 0.134. The first-order chi connectivity index (χ1) is 25.6. The van der Waals surface area contributed by atoms with Crippen LogP contribution in [0.2, 0.25) is 0 Å². The number of phosphoric ester groups is 1. The summed E-state index contributed by atoms with van der Waals surface area (Å²) >= 11 is 0. The summed E-state index contributed by atoms with van der Waals surface area (Å²) in [4.78, 5) is 45.8. The van der Waals surface area contributed by atoms with Gasteiger partial charge >= 0.3 is 19.8 Å². The Labute approximate surface area is 321 Å². The minimum Gasteiger partial charge on any atom is -0.480 e. The third-order valence-corrected chi connectivity index (χ3v) is 9.60. The van der Waals surface area contributed by atoms with E-state index in [0.717, 1.165) is 77.0 Å². The van der Waals surface area contributed by atoms with E-state index in [9.17, 15) is 34.1 Å². The van der Waals surface area contributed by atoms with Crippen LogP contribution in [0.4, 0.5) is 0 Å². The van der Waals surface area contributed by atoms with Crippen molar-refractivity contribution in [1.29, 1.82) is 0 Å². The highest BCUT2D eigenvalue weighted by Gasteiger charge is 2.28. The Morgan fingerprint density at radius 2 is 1.04 bits per heavy atom. The maximum Gasteiger partial charge on any atom is 0.472 e. The van der Waals surface area contributed by atoms with E-state index in [1.54, 1.807) is 0 Å². The number of carboxylic acid groups (broad SMARTS) is 1. The van der Waals surface area contributed by atoms with Gasteiger partial charge in [-0.25, -0.2) is 9.36 Å². The van der Waals surface area contributed by atoms with Gasteiger partial charge in [0, 0.05) is 12.8 Å². The number of rotatable bonds is 38. The van der Waals surface area contributed by atoms with Gasteiger partial charge in [-0.2, -0.15) is 0 Å². The summed E-state index contributed by atoms with van der Waals surface area (Å²) in [6, 6.07) is -1.55. The molecule has 0 fully saturated rings. The number of phosphoric acid groups is 1. The van der Waals surface area contributed by atoms with E-state index in [4.69, 9.17) is 13.8 Å². The summed E-state index contributed by atoms with van der Waals surface area (Å²) in [5.41, 5.74) is 0. The molecule has 0 aliphatic rings. The zero-order valence-corrected chi connectivity index (χ0v) is 34.0. The average Bonchev–Trinajstić information content (AvgIpc) is 3.13. The first kappa shape index (κ1) is 50.7. The van der Waals surface area contributed by atoms with Crippen LogP contribution in [-0.2, 0) is 32.7 Å². The Balaban J connectivity index is 3.96. The second kappa shape index (κ2) is 36.7. The van der Waals surface area contributed by atoms with Gasteiger partial charge < -0.3 is 25.2 Å². The van der Waals surface area contributed by atoms with Crippen molar-refractivity contribution in [3.8, 4) is 0 Å². The van der Waals surface area contributed by atoms with Crippen molar-refractivity contribution >= 4 is 25.7 Å². The number of carbonyl (C=O) groups excluding carboxylic acids is 2. The van der Waals surface area contributed by atoms with E-state index in [-0.39, 0.29) is 12.8 Å². The smallest absolute Gasteiger partial charge is 0.472 e. The molecule has 53 heavy (non-hydrogen) atoms. The van der Waals surface area contributed by atoms with Crippen molar-refractivity contribution in [2.24, 2.45) is 0 Å². The third kappa shape index (κ3) is 36.4. The fourth-order valence-electron chi connectivity index (χ4n) is 5.40. The number of aliphatic hydroxyl groups is 1. The molecule has 0 heterocycles. The number of nitrogens with one attached hydrogen (secondary N) is 1. The molecular weight excluding hydrogens is 697 g/mol. The zero-order chi connectivity index (χ0) is 39.3. The maximum absolute atomic E-state index is 12.3. The number of amides is 1. The second-order valence-electron chi connectivity index (χ2n) is 13.8. The quantitative estimate of drug-likeness (QED) is 0.0205. The summed E-state index contributed by atoms with van der Waals surface area (Å²) < 4.78 is 26.8. The van der Waals surface area contributed by atoms with Gasteiger partial charge in [-0.1, -0.05) is 127 Å². The van der Waals surface area contributed by atoms with Gasteiger partial charge in [-0.05, 0) is 70.6 Å². The molecule has 3 unspecified atom stereocenters. The standard InChI is InChI=1S/C41H74NO10P/c1-3-5-7-9-11-13-15-17-18-19-21-23-25-27-29-31-33-40(45)50-34-37(43)35-51-53(48,49)52-36-38(41(46)47)42-39(44)32-30-28-26-24-22-20-16-14-12-10-8-6-4-2/h13-16,18-19,37-38,43H,3-12,17,20-36H2,1-2H3,(H,42,44)(H,46,47)(H,48,49)/b15-13-,16-14-,19-18-. The largest absolute Gasteiger partial charge is 0.480 e. The summed E-state index contributed by atoms with van der Waals surface area (Å²) in [5, 5.41) is 21.8. The highest BCUT2D eigenvalue weighted by molar-refractivity contribution is 7.47. The van der Waals surface area contributed by atoms with Gasteiger partial charge in [-0.15, -0.1) is 0 Å². The van der Waals surface area contributed by atoms with Crippen molar-refractivity contribution < 1.29 is 47.8 Å². The molecule has 0 aromatic carbocycles. The summed E-state index contributed by atoms with van der Waals surface area (Å²) in [6.45, 7) is 2.52. The zero-order valence-electron chi connectivity index (χ0n) is 33.1. The van der Waals surface area contributed by atoms with E-state index >= 15 is 0 Å². The molecule has 0 rings (SSSR count). The molecule has 0 aliphatic heterocycles. The molecule has 0 saturated carbocycles. The molecule has 3 atom stereocenters. The van der Waals surface area contributed by atoms with E-state index < -0.39 is 57.6 Å². The van der Waals surface area contributed by atoms with Crippen molar-refractivity contribution in [2.45, 2.75) is 187 Å². The van der Waals surface area contributed by atoms with Gasteiger partial charge in [0.2, 0.25) is 5.91 Å². The molecule has 0 aromatic heterocycles. The molecule has 11 nitrogen and oxygen atoms in total. The Morgan fingerprint density at radius 3 is 1.55 bits per heavy atom. The number of hydrogen-bond acceptors (Lipinski definition) is 8. The van der Waals surface area contributed by atoms with Crippen molar-refractivity contribution in [1.82, 2.24) is 5.32 Å². The molecule has 0 saturated heterocycles. The Hall–Kier alpha value is -2.30. The molecule has 308 valence electrons. The molecule has 4 N–H and O–H groups in total. The summed E-state index contributed by atoms with van der Waals surface area (Å²) in [5.74, 6) is -2.40. The molecule has 0 radical (unpaired) electrons. The van der Waals surface area contributed by atoms with Crippen LogP contribution in [0, 0.1) is 0 Å². The molecule has 12 heteroatoms. The number of aliphatic hydroxyl groups excluding tert-OH is 1. The predicted molar refractivity (Wildman–Crippen MR) is 212 cm³/mol. The average molecular weight is 772 g/mol. The number of hydrogen-bond donors (Lipinski definition) is 4. The summed E-state index contributed by atoms with van der Waals surface area (Å²) in [6.07, 6.45) is 37.4. The lowest BCUT2D eigenvalue weighted by molar-refractivity contribution is -0.147. The van der Waals surface area contributed by atoms with Crippen molar-refractivity contribution in [2.75, 3.05) is 19.8 Å². The topological polar surface area (TPSA) is 169 Å². The van der Waals surface area contributed by atoms with Crippen LogP contribution < -0.4 is 5.32 Å². The van der Waals surface area contributed by atoms with Crippen LogP contribution in [0.3, 0.4) is 0 Å². The van der Waals surface area contributed by atoms with Gasteiger partial charge in [0.1, 0.15) is 12.7 Å². The van der Waals surface area contributed by atoms with E-state index in [0.29, 0.717) is 12.8 Å². The van der Waals surface area contributed by atoms with Crippen LogP contribution in [-0.4, -0.2) is 64.9 Å². The summed E-state index contributed by atoms with van der Waals surface area (Å²) in [7, 11) is -4.76. The normalized spacial score (nSPS) is 14.2. The van der Waals surface area contributed by atoms with E-state index in [1.807, 2.05) is 0 Å².